The van der Waals surface area contributed by atoms with Gasteiger partial charge in [-0.1, -0.05) is 19.8 Å². The van der Waals surface area contributed by atoms with Crippen LogP contribution >= 0.6 is 0 Å². The van der Waals surface area contributed by atoms with Crippen LogP contribution in [0.5, 0.6) is 0 Å². The number of aliphatic carboxylic acids is 1. The molecule has 0 saturated heterocycles. The van der Waals surface area contributed by atoms with Gasteiger partial charge in [-0.15, -0.1) is 0 Å². The molecule has 0 aliphatic carbocycles. The van der Waals surface area contributed by atoms with E-state index >= 15 is 0 Å². The lowest BCUT2D eigenvalue weighted by atomic mass is 10.1. The summed E-state index contributed by atoms with van der Waals surface area (Å²) in [6, 6.07) is 0. The van der Waals surface area contributed by atoms with Gasteiger partial charge in [0.2, 0.25) is 17.1 Å². The molecule has 0 saturated carbocycles. The summed E-state index contributed by atoms with van der Waals surface area (Å²) < 4.78 is 0. The van der Waals surface area contributed by atoms with Gasteiger partial charge in [-0.3, -0.25) is 35.1 Å². The van der Waals surface area contributed by atoms with Crippen LogP contribution in [-0.4, -0.2) is 25.8 Å². The summed E-state index contributed by atoms with van der Waals surface area (Å²) in [5.41, 5.74) is -0.510. The summed E-state index contributed by atoms with van der Waals surface area (Å²) in [7, 11) is 0. The standard InChI is InChI=1S/C18H27N3O8/c1-2-3-4-8-15(19(24)25)10-7-11-17(21(28)29)14-13-16(20(26)27)9-5-6-12-18(22)23/h10-11,13H,2-9,12,14H2,1H3,(H,22,23)/b15-10+,16-13+,17-11+. The minimum absolute atomic E-state index is 0.00245. The Morgan fingerprint density at radius 2 is 1.21 bits per heavy atom. The number of unbranched alkanes of at least 4 members (excludes halogenated alkanes) is 3. The van der Waals surface area contributed by atoms with Crippen molar-refractivity contribution in [2.24, 2.45) is 0 Å². The summed E-state index contributed by atoms with van der Waals surface area (Å²) in [4.78, 5) is 41.9. The summed E-state index contributed by atoms with van der Waals surface area (Å²) in [6.07, 6.45) is 6.52. The first-order valence-corrected chi connectivity index (χ1v) is 9.41. The number of carboxylic acid groups (broad SMARTS) is 1. The summed E-state index contributed by atoms with van der Waals surface area (Å²) in [6.45, 7) is 1.97. The van der Waals surface area contributed by atoms with Gasteiger partial charge in [0.15, 0.2) is 0 Å². The fourth-order valence-electron chi connectivity index (χ4n) is 2.46. The van der Waals surface area contributed by atoms with Crippen molar-refractivity contribution in [3.8, 4) is 0 Å². The van der Waals surface area contributed by atoms with Crippen LogP contribution in [0.3, 0.4) is 0 Å². The molecule has 0 aromatic carbocycles. The van der Waals surface area contributed by atoms with Crippen LogP contribution in [0.1, 0.15) is 71.1 Å². The van der Waals surface area contributed by atoms with Crippen LogP contribution in [0.4, 0.5) is 0 Å². The van der Waals surface area contributed by atoms with Gasteiger partial charge in [0.1, 0.15) is 0 Å². The van der Waals surface area contributed by atoms with Gasteiger partial charge in [0.05, 0.1) is 21.2 Å². The Hall–Kier alpha value is -3.11. The molecule has 1 N–H and O–H groups in total. The van der Waals surface area contributed by atoms with Crippen molar-refractivity contribution < 1.29 is 24.7 Å². The highest BCUT2D eigenvalue weighted by molar-refractivity contribution is 5.66. The van der Waals surface area contributed by atoms with Crippen LogP contribution in [0.25, 0.3) is 0 Å². The van der Waals surface area contributed by atoms with E-state index in [1.807, 2.05) is 6.92 Å². The molecule has 0 spiro atoms. The third-order valence-corrected chi connectivity index (χ3v) is 4.07. The molecule has 0 radical (unpaired) electrons. The number of carbonyl (C=O) groups is 1. The lowest BCUT2D eigenvalue weighted by Crippen LogP contribution is -2.03. The highest BCUT2D eigenvalue weighted by atomic mass is 16.6. The molecule has 0 bridgehead atoms. The minimum Gasteiger partial charge on any atom is -0.481 e. The van der Waals surface area contributed by atoms with E-state index in [-0.39, 0.29) is 62.0 Å². The Morgan fingerprint density at radius 1 is 0.759 bits per heavy atom. The van der Waals surface area contributed by atoms with E-state index in [1.54, 1.807) is 0 Å². The Morgan fingerprint density at radius 3 is 1.69 bits per heavy atom. The molecule has 29 heavy (non-hydrogen) atoms. The van der Waals surface area contributed by atoms with Gasteiger partial charge in [-0.25, -0.2) is 0 Å². The van der Waals surface area contributed by atoms with Crippen molar-refractivity contribution in [3.05, 3.63) is 65.7 Å². The Labute approximate surface area is 168 Å². The van der Waals surface area contributed by atoms with E-state index < -0.39 is 20.7 Å². The van der Waals surface area contributed by atoms with Crippen LogP contribution in [0.15, 0.2) is 35.3 Å². The van der Waals surface area contributed by atoms with Crippen LogP contribution in [0, 0.1) is 30.3 Å². The van der Waals surface area contributed by atoms with E-state index in [2.05, 4.69) is 0 Å². The second-order valence-electron chi connectivity index (χ2n) is 6.36. The molecular formula is C18H27N3O8. The zero-order chi connectivity index (χ0) is 22.2. The fourth-order valence-corrected chi connectivity index (χ4v) is 2.46. The molecule has 11 nitrogen and oxygen atoms in total. The van der Waals surface area contributed by atoms with Crippen molar-refractivity contribution >= 4 is 5.97 Å². The van der Waals surface area contributed by atoms with E-state index in [0.29, 0.717) is 6.42 Å². The molecule has 0 aliphatic rings. The average molecular weight is 413 g/mol. The molecule has 0 aliphatic heterocycles. The maximum atomic E-state index is 11.2. The maximum Gasteiger partial charge on any atom is 0.303 e. The molecule has 0 aromatic rings. The monoisotopic (exact) mass is 413 g/mol. The van der Waals surface area contributed by atoms with Crippen molar-refractivity contribution in [1.82, 2.24) is 0 Å². The van der Waals surface area contributed by atoms with Crippen molar-refractivity contribution in [2.75, 3.05) is 0 Å². The molecule has 0 atom stereocenters. The fraction of sp³-hybridized carbons (Fsp3) is 0.611. The number of nitrogens with zero attached hydrogens (tertiary/aromatic N) is 3. The minimum atomic E-state index is -0.993. The van der Waals surface area contributed by atoms with Crippen LogP contribution in [0.2, 0.25) is 0 Å². The zero-order valence-electron chi connectivity index (χ0n) is 16.4. The number of carboxylic acids is 1. The lowest BCUT2D eigenvalue weighted by molar-refractivity contribution is -0.432. The molecular weight excluding hydrogens is 386 g/mol. The lowest BCUT2D eigenvalue weighted by Gasteiger charge is -2.00. The third-order valence-electron chi connectivity index (χ3n) is 4.07. The molecule has 11 heteroatoms. The van der Waals surface area contributed by atoms with E-state index in [1.165, 1.54) is 12.2 Å². The van der Waals surface area contributed by atoms with E-state index in [4.69, 9.17) is 5.11 Å². The molecule has 0 aromatic heterocycles. The second kappa shape index (κ2) is 14.9. The first-order chi connectivity index (χ1) is 13.7. The largest absolute Gasteiger partial charge is 0.481 e. The van der Waals surface area contributed by atoms with Gasteiger partial charge in [-0.05, 0) is 43.9 Å². The second-order valence-corrected chi connectivity index (χ2v) is 6.36. The third kappa shape index (κ3) is 12.8. The van der Waals surface area contributed by atoms with Crippen LogP contribution in [-0.2, 0) is 4.79 Å². The van der Waals surface area contributed by atoms with Crippen LogP contribution < -0.4 is 0 Å². The van der Waals surface area contributed by atoms with Gasteiger partial charge >= 0.3 is 5.97 Å². The highest BCUT2D eigenvalue weighted by Crippen LogP contribution is 2.15. The molecule has 162 valence electrons. The van der Waals surface area contributed by atoms with E-state index in [0.717, 1.165) is 18.9 Å². The predicted molar refractivity (Wildman–Crippen MR) is 105 cm³/mol. The Bertz CT molecular complexity index is 683. The SMILES string of the molecule is CCCCC/C(=C\C/C=C(\C/C=C(\CCCCC(=O)O)[N+](=O)[O-])[N+](=O)[O-])[N+](=O)[O-]. The molecule has 0 fully saturated rings. The van der Waals surface area contributed by atoms with Gasteiger partial charge < -0.3 is 5.11 Å². The number of allylic oxidation sites excluding steroid dienone is 5. The van der Waals surface area contributed by atoms with Gasteiger partial charge in [-0.2, -0.15) is 0 Å². The first kappa shape index (κ1) is 25.9. The van der Waals surface area contributed by atoms with E-state index in [9.17, 15) is 35.1 Å². The van der Waals surface area contributed by atoms with Crippen molar-refractivity contribution in [3.63, 3.8) is 0 Å². The van der Waals surface area contributed by atoms with Crippen molar-refractivity contribution in [1.29, 1.82) is 0 Å². The molecule has 0 unspecified atom stereocenters. The smallest absolute Gasteiger partial charge is 0.303 e. The normalized spacial score (nSPS) is 12.7. The topological polar surface area (TPSA) is 167 Å². The van der Waals surface area contributed by atoms with Gasteiger partial charge in [0, 0.05) is 19.3 Å². The molecule has 0 heterocycles. The zero-order valence-corrected chi connectivity index (χ0v) is 16.4. The number of hydrogen-bond donors (Lipinski definition) is 1. The summed E-state index contributed by atoms with van der Waals surface area (Å²) in [5.74, 6) is -0.993. The Balaban J connectivity index is 5.03. The highest BCUT2D eigenvalue weighted by Gasteiger charge is 2.15. The quantitative estimate of drug-likeness (QED) is 0.219. The summed E-state index contributed by atoms with van der Waals surface area (Å²) in [5, 5.41) is 41.8. The first-order valence-electron chi connectivity index (χ1n) is 9.41. The molecule has 0 amide bonds. The number of nitro groups is 3. The molecule has 0 rings (SSSR count). The maximum absolute atomic E-state index is 11.2. The number of hydrogen-bond acceptors (Lipinski definition) is 7. The average Bonchev–Trinajstić information content (AvgIpc) is 2.63. The Kier molecular flexibility index (Phi) is 13.3. The summed E-state index contributed by atoms with van der Waals surface area (Å²) >= 11 is 0. The van der Waals surface area contributed by atoms with Crippen molar-refractivity contribution in [2.45, 2.75) is 71.1 Å². The predicted octanol–water partition coefficient (Wildman–Crippen LogP) is 4.47. The number of rotatable bonds is 16. The van der Waals surface area contributed by atoms with Gasteiger partial charge in [0.25, 0.3) is 0 Å².